The molecular formula is C27H21NO2. The summed E-state index contributed by atoms with van der Waals surface area (Å²) in [5, 5.41) is 2.28. The third-order valence-electron chi connectivity index (χ3n) is 5.52. The fourth-order valence-corrected chi connectivity index (χ4v) is 4.13. The van der Waals surface area contributed by atoms with Crippen LogP contribution in [0.25, 0.3) is 10.8 Å². The highest BCUT2D eigenvalue weighted by molar-refractivity contribution is 6.32. The number of nitrogens with zero attached hydrogens (tertiary/aromatic N) is 1. The molecule has 0 amide bonds. The normalized spacial score (nSPS) is 16.8. The lowest BCUT2D eigenvalue weighted by Gasteiger charge is -2.13. The van der Waals surface area contributed by atoms with Crippen LogP contribution >= 0.6 is 0 Å². The molecule has 0 heterocycles. The smallest absolute Gasteiger partial charge is 0.176 e. The highest BCUT2D eigenvalue weighted by Crippen LogP contribution is 2.38. The highest BCUT2D eigenvalue weighted by Gasteiger charge is 2.37. The maximum atomic E-state index is 13.4. The number of benzene rings is 4. The fourth-order valence-electron chi connectivity index (χ4n) is 4.13. The van der Waals surface area contributed by atoms with E-state index in [1.165, 1.54) is 0 Å². The van der Waals surface area contributed by atoms with Gasteiger partial charge in [0.1, 0.15) is 11.4 Å². The molecule has 0 unspecified atom stereocenters. The van der Waals surface area contributed by atoms with E-state index in [2.05, 4.69) is 24.3 Å². The van der Waals surface area contributed by atoms with Crippen LogP contribution in [0, 0.1) is 0 Å². The average Bonchev–Trinajstić information content (AvgIpc) is 3.07. The van der Waals surface area contributed by atoms with Gasteiger partial charge < -0.3 is 4.74 Å². The minimum absolute atomic E-state index is 0.0912. The average molecular weight is 391 g/mol. The van der Waals surface area contributed by atoms with Crippen LogP contribution in [0.2, 0.25) is 0 Å². The van der Waals surface area contributed by atoms with Crippen molar-refractivity contribution in [3.8, 4) is 5.75 Å². The number of para-hydroxylation sites is 2. The minimum Gasteiger partial charge on any atom is -0.492 e. The Morgan fingerprint density at radius 2 is 1.50 bits per heavy atom. The third-order valence-corrected chi connectivity index (χ3v) is 5.52. The number of hydrogen-bond donors (Lipinski definition) is 0. The second-order valence-corrected chi connectivity index (χ2v) is 7.35. The van der Waals surface area contributed by atoms with Crippen molar-refractivity contribution in [1.82, 2.24) is 0 Å². The summed E-state index contributed by atoms with van der Waals surface area (Å²) in [4.78, 5) is 18.4. The molecule has 3 nitrogen and oxygen atoms in total. The maximum absolute atomic E-state index is 13.4. The van der Waals surface area contributed by atoms with Crippen LogP contribution in [0.3, 0.4) is 0 Å². The zero-order valence-electron chi connectivity index (χ0n) is 16.7. The molecule has 5 rings (SSSR count). The predicted molar refractivity (Wildman–Crippen MR) is 121 cm³/mol. The molecule has 0 bridgehead atoms. The summed E-state index contributed by atoms with van der Waals surface area (Å²) >= 11 is 0. The number of aliphatic imine (C=N–C) groups is 1. The Balaban J connectivity index is 1.70. The van der Waals surface area contributed by atoms with Crippen molar-refractivity contribution < 1.29 is 9.53 Å². The number of Topliss-reactive ketones (excluding diaryl/α,β-unsaturated/α-hetero) is 1. The van der Waals surface area contributed by atoms with E-state index in [0.717, 1.165) is 44.6 Å². The summed E-state index contributed by atoms with van der Waals surface area (Å²) in [5.41, 5.74) is 4.10. The Hall–Kier alpha value is -3.72. The highest BCUT2D eigenvalue weighted by atomic mass is 16.5. The molecule has 0 N–H and O–H groups in total. The Labute approximate surface area is 175 Å². The number of ether oxygens (including phenoxy) is 1. The standard InChI is InChI=1S/C27H21NO2/c1-2-30-24-14-8-7-13-23(24)28-26-21-11-5-6-12-22(21)27(29)25(26)20-16-15-18-9-3-4-10-19(18)17-20/h3-17,25H,2H2,1H3/t25-/m0/s1. The molecule has 0 saturated heterocycles. The van der Waals surface area contributed by atoms with Gasteiger partial charge in [-0.1, -0.05) is 78.9 Å². The number of fused-ring (bicyclic) bond motifs is 2. The summed E-state index contributed by atoms with van der Waals surface area (Å²) in [5.74, 6) is 0.386. The first-order chi connectivity index (χ1) is 14.8. The van der Waals surface area contributed by atoms with E-state index < -0.39 is 5.92 Å². The number of carbonyl (C=O) groups excluding carboxylic acids is 1. The minimum atomic E-state index is -0.429. The van der Waals surface area contributed by atoms with Gasteiger partial charge in [-0.25, -0.2) is 4.99 Å². The molecule has 0 aliphatic heterocycles. The molecule has 4 aromatic carbocycles. The van der Waals surface area contributed by atoms with E-state index in [1.54, 1.807) is 0 Å². The van der Waals surface area contributed by atoms with E-state index in [1.807, 2.05) is 73.7 Å². The van der Waals surface area contributed by atoms with Crippen molar-refractivity contribution in [3.05, 3.63) is 108 Å². The van der Waals surface area contributed by atoms with Crippen molar-refractivity contribution >= 4 is 28.0 Å². The molecule has 4 aromatic rings. The molecule has 30 heavy (non-hydrogen) atoms. The molecule has 0 fully saturated rings. The molecule has 0 saturated carbocycles. The van der Waals surface area contributed by atoms with E-state index in [4.69, 9.17) is 9.73 Å². The van der Waals surface area contributed by atoms with Crippen molar-refractivity contribution in [2.45, 2.75) is 12.8 Å². The van der Waals surface area contributed by atoms with Gasteiger partial charge in [0.15, 0.2) is 5.78 Å². The molecule has 3 heteroatoms. The van der Waals surface area contributed by atoms with E-state index in [0.29, 0.717) is 6.61 Å². The number of hydrogen-bond acceptors (Lipinski definition) is 3. The van der Waals surface area contributed by atoms with Crippen LogP contribution in [-0.4, -0.2) is 18.1 Å². The van der Waals surface area contributed by atoms with E-state index >= 15 is 0 Å². The zero-order valence-corrected chi connectivity index (χ0v) is 16.7. The van der Waals surface area contributed by atoms with Gasteiger partial charge in [0.25, 0.3) is 0 Å². The molecule has 146 valence electrons. The quantitative estimate of drug-likeness (QED) is 0.407. The van der Waals surface area contributed by atoms with Crippen LogP contribution in [0.5, 0.6) is 5.75 Å². The van der Waals surface area contributed by atoms with Crippen molar-refractivity contribution in [3.63, 3.8) is 0 Å². The van der Waals surface area contributed by atoms with Crippen LogP contribution < -0.4 is 4.74 Å². The van der Waals surface area contributed by atoms with Gasteiger partial charge in [-0.2, -0.15) is 0 Å². The molecule has 0 aromatic heterocycles. The number of rotatable bonds is 4. The molecule has 1 atom stereocenters. The first-order valence-corrected chi connectivity index (χ1v) is 10.2. The predicted octanol–water partition coefficient (Wildman–Crippen LogP) is 6.34. The lowest BCUT2D eigenvalue weighted by atomic mass is 9.91. The molecule has 0 radical (unpaired) electrons. The first-order valence-electron chi connectivity index (χ1n) is 10.2. The Kier molecular flexibility index (Phi) is 4.64. The third kappa shape index (κ3) is 3.09. The Morgan fingerprint density at radius 3 is 2.33 bits per heavy atom. The summed E-state index contributed by atoms with van der Waals surface area (Å²) in [6.45, 7) is 2.52. The summed E-state index contributed by atoms with van der Waals surface area (Å²) in [6, 6.07) is 29.9. The van der Waals surface area contributed by atoms with Crippen LogP contribution in [0.15, 0.2) is 96.0 Å². The van der Waals surface area contributed by atoms with E-state index in [-0.39, 0.29) is 5.78 Å². The first kappa shape index (κ1) is 18.3. The summed E-state index contributed by atoms with van der Waals surface area (Å²) in [7, 11) is 0. The molecule has 0 spiro atoms. The lowest BCUT2D eigenvalue weighted by Crippen LogP contribution is -2.13. The maximum Gasteiger partial charge on any atom is 0.176 e. The zero-order chi connectivity index (χ0) is 20.5. The Bertz CT molecular complexity index is 1290. The molecule has 1 aliphatic rings. The molecule has 1 aliphatic carbocycles. The Morgan fingerprint density at radius 1 is 0.800 bits per heavy atom. The number of carbonyl (C=O) groups is 1. The van der Waals surface area contributed by atoms with Crippen LogP contribution in [-0.2, 0) is 0 Å². The van der Waals surface area contributed by atoms with Gasteiger partial charge in [0.2, 0.25) is 0 Å². The van der Waals surface area contributed by atoms with Gasteiger partial charge in [-0.05, 0) is 35.4 Å². The number of ketones is 1. The lowest BCUT2D eigenvalue weighted by molar-refractivity contribution is 0.0988. The molecular weight excluding hydrogens is 370 g/mol. The van der Waals surface area contributed by atoms with Crippen molar-refractivity contribution in [2.24, 2.45) is 4.99 Å². The van der Waals surface area contributed by atoms with Gasteiger partial charge in [0, 0.05) is 11.1 Å². The van der Waals surface area contributed by atoms with E-state index in [9.17, 15) is 4.79 Å². The monoisotopic (exact) mass is 391 g/mol. The van der Waals surface area contributed by atoms with Crippen molar-refractivity contribution in [2.75, 3.05) is 6.61 Å². The van der Waals surface area contributed by atoms with Crippen molar-refractivity contribution in [1.29, 1.82) is 0 Å². The fraction of sp³-hybridized carbons (Fsp3) is 0.111. The van der Waals surface area contributed by atoms with Gasteiger partial charge >= 0.3 is 0 Å². The van der Waals surface area contributed by atoms with Gasteiger partial charge in [-0.15, -0.1) is 0 Å². The van der Waals surface area contributed by atoms with Gasteiger partial charge in [-0.3, -0.25) is 4.79 Å². The van der Waals surface area contributed by atoms with Crippen LogP contribution in [0.4, 0.5) is 5.69 Å². The summed E-state index contributed by atoms with van der Waals surface area (Å²) in [6.07, 6.45) is 0. The second kappa shape index (κ2) is 7.60. The SMILES string of the molecule is CCOc1ccccc1N=C1c2ccccc2C(=O)[C@H]1c1ccc2ccccc2c1. The topological polar surface area (TPSA) is 38.7 Å². The van der Waals surface area contributed by atoms with Crippen LogP contribution in [0.1, 0.15) is 34.3 Å². The largest absolute Gasteiger partial charge is 0.492 e. The second-order valence-electron chi connectivity index (χ2n) is 7.35. The van der Waals surface area contributed by atoms with Gasteiger partial charge in [0.05, 0.1) is 18.2 Å². The summed E-state index contributed by atoms with van der Waals surface area (Å²) < 4.78 is 5.77.